The van der Waals surface area contributed by atoms with Gasteiger partial charge in [0.1, 0.15) is 22.3 Å². The number of benzene rings is 9. The number of para-hydroxylation sites is 3. The van der Waals surface area contributed by atoms with Crippen LogP contribution in [-0.4, -0.2) is 0 Å². The molecule has 12 rings (SSSR count). The molecular weight excluding hydrogens is 731 g/mol. The van der Waals surface area contributed by atoms with E-state index in [0.717, 1.165) is 83.2 Å². The minimum atomic E-state index is -0.164. The molecule has 3 nitrogen and oxygen atoms in total. The molecule has 2 heterocycles. The average Bonchev–Trinajstić information content (AvgIpc) is 3.95. The fourth-order valence-electron chi connectivity index (χ4n) is 9.68. The van der Waals surface area contributed by atoms with E-state index in [1.165, 1.54) is 33.4 Å². The first-order valence-corrected chi connectivity index (χ1v) is 20.7. The van der Waals surface area contributed by atoms with E-state index in [2.05, 4.69) is 201 Å². The molecule has 3 heteroatoms. The molecule has 0 amide bonds. The van der Waals surface area contributed by atoms with Crippen LogP contribution in [-0.2, 0) is 5.41 Å². The highest BCUT2D eigenvalue weighted by Crippen LogP contribution is 2.52. The van der Waals surface area contributed by atoms with Crippen molar-refractivity contribution >= 4 is 60.9 Å². The molecule has 0 saturated heterocycles. The number of hydrogen-bond donors (Lipinski definition) is 0. The first-order chi connectivity index (χ1) is 29.5. The fraction of sp³-hybridized carbons (Fsp3) is 0.0526. The first-order valence-electron chi connectivity index (χ1n) is 20.7. The van der Waals surface area contributed by atoms with Crippen LogP contribution in [0.25, 0.3) is 88.4 Å². The van der Waals surface area contributed by atoms with E-state index in [1.54, 1.807) is 0 Å². The van der Waals surface area contributed by atoms with Gasteiger partial charge in [-0.15, -0.1) is 0 Å². The third-order valence-corrected chi connectivity index (χ3v) is 12.7. The fourth-order valence-corrected chi connectivity index (χ4v) is 9.68. The molecule has 1 aliphatic carbocycles. The Balaban J connectivity index is 1.07. The maximum atomic E-state index is 6.73. The summed E-state index contributed by atoms with van der Waals surface area (Å²) in [6.45, 7) is 4.70. The van der Waals surface area contributed by atoms with Gasteiger partial charge in [-0.05, 0) is 98.6 Å². The van der Waals surface area contributed by atoms with Gasteiger partial charge < -0.3 is 13.7 Å². The SMILES string of the molecule is CC1(C)c2ccccc2-c2ccc(N(c3ccc(-c4cccc5c4oc4ccccc45)cc3)c3cc(-c4ccc(-c5ccccc5)cc4)cc4oc5ccccc5c34)cc21. The molecule has 0 spiro atoms. The van der Waals surface area contributed by atoms with Crippen LogP contribution in [0.4, 0.5) is 17.1 Å². The second-order valence-corrected chi connectivity index (χ2v) is 16.5. The molecule has 284 valence electrons. The molecular formula is C57H39NO2. The topological polar surface area (TPSA) is 29.5 Å². The zero-order valence-corrected chi connectivity index (χ0v) is 33.3. The lowest BCUT2D eigenvalue weighted by atomic mass is 9.82. The predicted octanol–water partition coefficient (Wildman–Crippen LogP) is 16.3. The molecule has 0 bridgehead atoms. The van der Waals surface area contributed by atoms with Crippen LogP contribution in [0.2, 0.25) is 0 Å². The van der Waals surface area contributed by atoms with Gasteiger partial charge in [-0.1, -0.05) is 166 Å². The standard InChI is InChI=1S/C57H39NO2/c1-57(2)49-20-9-6-15-44(49)45-32-31-42(35-50(45)57)58(41-29-27-39(28-30-41)43-18-12-19-47-46-16-7-10-21-52(46)60-56(43)47)51-33-40(34-54-55(51)48-17-8-11-22-53(48)59-54)38-25-23-37(24-26-38)36-13-4-3-5-14-36/h3-35H,1-2H3. The average molecular weight is 770 g/mol. The van der Waals surface area contributed by atoms with Crippen LogP contribution in [0.1, 0.15) is 25.0 Å². The lowest BCUT2D eigenvalue weighted by Gasteiger charge is -2.29. The summed E-state index contributed by atoms with van der Waals surface area (Å²) in [5.41, 5.74) is 18.6. The minimum Gasteiger partial charge on any atom is -0.456 e. The molecule has 0 saturated carbocycles. The summed E-state index contributed by atoms with van der Waals surface area (Å²) < 4.78 is 13.2. The van der Waals surface area contributed by atoms with Crippen molar-refractivity contribution in [2.24, 2.45) is 0 Å². The normalized spacial score (nSPS) is 13.0. The van der Waals surface area contributed by atoms with Gasteiger partial charge in [0, 0.05) is 38.5 Å². The van der Waals surface area contributed by atoms with E-state index in [9.17, 15) is 0 Å². The van der Waals surface area contributed by atoms with Crippen molar-refractivity contribution in [3.8, 4) is 44.5 Å². The van der Waals surface area contributed by atoms with Crippen LogP contribution < -0.4 is 4.90 Å². The number of hydrogen-bond acceptors (Lipinski definition) is 3. The summed E-state index contributed by atoms with van der Waals surface area (Å²) in [7, 11) is 0. The molecule has 11 aromatic rings. The molecule has 0 atom stereocenters. The van der Waals surface area contributed by atoms with E-state index < -0.39 is 0 Å². The molecule has 9 aromatic carbocycles. The summed E-state index contributed by atoms with van der Waals surface area (Å²) in [5.74, 6) is 0. The lowest BCUT2D eigenvalue weighted by molar-refractivity contribution is 0.660. The summed E-state index contributed by atoms with van der Waals surface area (Å²) >= 11 is 0. The Morgan fingerprint density at radius 1 is 0.367 bits per heavy atom. The summed E-state index contributed by atoms with van der Waals surface area (Å²) in [5, 5.41) is 4.41. The van der Waals surface area contributed by atoms with Crippen LogP contribution in [0.3, 0.4) is 0 Å². The van der Waals surface area contributed by atoms with Gasteiger partial charge in [0.2, 0.25) is 0 Å². The quantitative estimate of drug-likeness (QED) is 0.169. The third-order valence-electron chi connectivity index (χ3n) is 12.7. The maximum absolute atomic E-state index is 6.73. The Hall–Kier alpha value is -7.62. The minimum absolute atomic E-state index is 0.164. The van der Waals surface area contributed by atoms with Crippen LogP contribution >= 0.6 is 0 Å². The molecule has 0 fully saturated rings. The van der Waals surface area contributed by atoms with Crippen molar-refractivity contribution in [2.45, 2.75) is 19.3 Å². The van der Waals surface area contributed by atoms with Gasteiger partial charge in [0.15, 0.2) is 0 Å². The zero-order valence-electron chi connectivity index (χ0n) is 33.3. The lowest BCUT2D eigenvalue weighted by Crippen LogP contribution is -2.16. The van der Waals surface area contributed by atoms with Crippen molar-refractivity contribution in [2.75, 3.05) is 4.90 Å². The molecule has 60 heavy (non-hydrogen) atoms. The third kappa shape index (κ3) is 5.29. The largest absolute Gasteiger partial charge is 0.456 e. The monoisotopic (exact) mass is 769 g/mol. The van der Waals surface area contributed by atoms with Crippen LogP contribution in [0, 0.1) is 0 Å². The Kier molecular flexibility index (Phi) is 7.58. The van der Waals surface area contributed by atoms with Crippen molar-refractivity contribution < 1.29 is 8.83 Å². The number of nitrogens with zero attached hydrogens (tertiary/aromatic N) is 1. The van der Waals surface area contributed by atoms with E-state index in [-0.39, 0.29) is 5.41 Å². The van der Waals surface area contributed by atoms with Gasteiger partial charge in [-0.3, -0.25) is 0 Å². The second-order valence-electron chi connectivity index (χ2n) is 16.5. The molecule has 0 aliphatic heterocycles. The predicted molar refractivity (Wildman–Crippen MR) is 250 cm³/mol. The Labute approximate surface area is 348 Å². The number of furan rings is 2. The van der Waals surface area contributed by atoms with Crippen molar-refractivity contribution in [3.63, 3.8) is 0 Å². The Bertz CT molecular complexity index is 3440. The highest BCUT2D eigenvalue weighted by atomic mass is 16.3. The first kappa shape index (κ1) is 34.4. The summed E-state index contributed by atoms with van der Waals surface area (Å²) in [6.07, 6.45) is 0. The number of rotatable bonds is 6. The van der Waals surface area contributed by atoms with Crippen molar-refractivity contribution in [1.82, 2.24) is 0 Å². The molecule has 0 N–H and O–H groups in total. The van der Waals surface area contributed by atoms with Crippen molar-refractivity contribution in [3.05, 3.63) is 211 Å². The summed E-state index contributed by atoms with van der Waals surface area (Å²) in [4.78, 5) is 2.43. The van der Waals surface area contributed by atoms with E-state index in [0.29, 0.717) is 0 Å². The number of anilines is 3. The highest BCUT2D eigenvalue weighted by Gasteiger charge is 2.36. The number of fused-ring (bicyclic) bond motifs is 9. The van der Waals surface area contributed by atoms with Gasteiger partial charge in [-0.2, -0.15) is 0 Å². The van der Waals surface area contributed by atoms with Gasteiger partial charge >= 0.3 is 0 Å². The molecule has 1 aliphatic rings. The highest BCUT2D eigenvalue weighted by molar-refractivity contribution is 6.15. The van der Waals surface area contributed by atoms with E-state index in [1.807, 2.05) is 18.2 Å². The molecule has 2 aromatic heterocycles. The Morgan fingerprint density at radius 3 is 1.75 bits per heavy atom. The van der Waals surface area contributed by atoms with E-state index >= 15 is 0 Å². The zero-order chi connectivity index (χ0) is 40.0. The van der Waals surface area contributed by atoms with Gasteiger partial charge in [-0.25, -0.2) is 0 Å². The van der Waals surface area contributed by atoms with Gasteiger partial charge in [0.05, 0.1) is 11.1 Å². The van der Waals surface area contributed by atoms with Crippen molar-refractivity contribution in [1.29, 1.82) is 0 Å². The maximum Gasteiger partial charge on any atom is 0.143 e. The van der Waals surface area contributed by atoms with E-state index in [4.69, 9.17) is 8.83 Å². The molecule has 0 unspecified atom stereocenters. The van der Waals surface area contributed by atoms with Gasteiger partial charge in [0.25, 0.3) is 0 Å². The van der Waals surface area contributed by atoms with Crippen LogP contribution in [0.5, 0.6) is 0 Å². The Morgan fingerprint density at radius 2 is 0.950 bits per heavy atom. The second kappa shape index (κ2) is 13.2. The molecule has 0 radical (unpaired) electrons. The summed E-state index contributed by atoms with van der Waals surface area (Å²) in [6, 6.07) is 71.9. The van der Waals surface area contributed by atoms with Crippen LogP contribution in [0.15, 0.2) is 209 Å². The smallest absolute Gasteiger partial charge is 0.143 e.